The molecular formula is C21H17ClF2N2O2. The van der Waals surface area contributed by atoms with Gasteiger partial charge in [0.25, 0.3) is 0 Å². The van der Waals surface area contributed by atoms with Crippen LogP contribution in [0.15, 0.2) is 65.8 Å². The van der Waals surface area contributed by atoms with Gasteiger partial charge in [-0.25, -0.2) is 8.78 Å². The molecule has 3 rings (SSSR count). The SMILES string of the molecule is COc1cc(/C=N\Nc2ccc(F)cc2F)ccc1OCc1ccc(Cl)cc1. The lowest BCUT2D eigenvalue weighted by atomic mass is 10.2. The maximum atomic E-state index is 13.6. The zero-order valence-corrected chi connectivity index (χ0v) is 15.7. The first-order chi connectivity index (χ1) is 13.5. The highest BCUT2D eigenvalue weighted by Gasteiger charge is 2.06. The molecule has 4 nitrogen and oxygen atoms in total. The predicted molar refractivity (Wildman–Crippen MR) is 106 cm³/mol. The van der Waals surface area contributed by atoms with E-state index in [0.717, 1.165) is 17.7 Å². The lowest BCUT2D eigenvalue weighted by Gasteiger charge is -2.11. The van der Waals surface area contributed by atoms with Crippen molar-refractivity contribution in [2.45, 2.75) is 6.61 Å². The van der Waals surface area contributed by atoms with Gasteiger partial charge in [0.1, 0.15) is 12.4 Å². The number of hydrazone groups is 1. The molecule has 1 N–H and O–H groups in total. The van der Waals surface area contributed by atoms with E-state index >= 15 is 0 Å². The number of hydrogen-bond acceptors (Lipinski definition) is 4. The lowest BCUT2D eigenvalue weighted by Crippen LogP contribution is -1.99. The summed E-state index contributed by atoms with van der Waals surface area (Å²) in [6.07, 6.45) is 1.49. The zero-order valence-electron chi connectivity index (χ0n) is 15.0. The van der Waals surface area contributed by atoms with E-state index in [4.69, 9.17) is 21.1 Å². The number of ether oxygens (including phenoxy) is 2. The van der Waals surface area contributed by atoms with Crippen LogP contribution in [0.25, 0.3) is 0 Å². The first kappa shape index (κ1) is 19.6. The average molecular weight is 403 g/mol. The minimum atomic E-state index is -0.722. The summed E-state index contributed by atoms with van der Waals surface area (Å²) in [5.41, 5.74) is 4.30. The molecule has 3 aromatic carbocycles. The average Bonchev–Trinajstić information content (AvgIpc) is 2.69. The van der Waals surface area contributed by atoms with Crippen LogP contribution in [0.2, 0.25) is 5.02 Å². The summed E-state index contributed by atoms with van der Waals surface area (Å²) in [5, 5.41) is 4.63. The summed E-state index contributed by atoms with van der Waals surface area (Å²) >= 11 is 5.87. The van der Waals surface area contributed by atoms with E-state index in [0.29, 0.717) is 28.7 Å². The number of methoxy groups -OCH3 is 1. The van der Waals surface area contributed by atoms with Gasteiger partial charge in [0.15, 0.2) is 17.3 Å². The van der Waals surface area contributed by atoms with Crippen molar-refractivity contribution in [1.82, 2.24) is 0 Å². The quantitative estimate of drug-likeness (QED) is 0.410. The standard InChI is InChI=1S/C21H17ClF2N2O2/c1-27-21-10-15(12-25-26-19-8-7-17(23)11-18(19)24)4-9-20(21)28-13-14-2-5-16(22)6-3-14/h2-12,26H,13H2,1H3/b25-12-. The molecule has 0 aromatic heterocycles. The number of rotatable bonds is 7. The Kier molecular flexibility index (Phi) is 6.45. The molecule has 0 aliphatic rings. The number of nitrogens with zero attached hydrogens (tertiary/aromatic N) is 1. The predicted octanol–water partition coefficient (Wildman–Crippen LogP) is 5.65. The van der Waals surface area contributed by atoms with Gasteiger partial charge < -0.3 is 9.47 Å². The summed E-state index contributed by atoms with van der Waals surface area (Å²) in [6.45, 7) is 0.367. The van der Waals surface area contributed by atoms with Gasteiger partial charge in [-0.3, -0.25) is 5.43 Å². The van der Waals surface area contributed by atoms with Crippen LogP contribution < -0.4 is 14.9 Å². The van der Waals surface area contributed by atoms with Crippen LogP contribution in [0.5, 0.6) is 11.5 Å². The first-order valence-electron chi connectivity index (χ1n) is 8.34. The number of nitrogens with one attached hydrogen (secondary N) is 1. The van der Waals surface area contributed by atoms with E-state index in [-0.39, 0.29) is 5.69 Å². The Labute approximate surface area is 166 Å². The molecule has 0 heterocycles. The minimum absolute atomic E-state index is 0.0764. The Hall–Kier alpha value is -3.12. The second-order valence-corrected chi connectivity index (χ2v) is 6.26. The van der Waals surface area contributed by atoms with Gasteiger partial charge in [0, 0.05) is 11.1 Å². The maximum Gasteiger partial charge on any atom is 0.161 e. The monoisotopic (exact) mass is 402 g/mol. The van der Waals surface area contributed by atoms with Crippen molar-refractivity contribution in [1.29, 1.82) is 0 Å². The molecule has 0 radical (unpaired) electrons. The van der Waals surface area contributed by atoms with E-state index < -0.39 is 11.6 Å². The fourth-order valence-corrected chi connectivity index (χ4v) is 2.51. The lowest BCUT2D eigenvalue weighted by molar-refractivity contribution is 0.284. The first-order valence-corrected chi connectivity index (χ1v) is 8.72. The molecule has 3 aromatic rings. The number of benzene rings is 3. The third-order valence-corrected chi connectivity index (χ3v) is 4.08. The Morgan fingerprint density at radius 1 is 1.00 bits per heavy atom. The smallest absolute Gasteiger partial charge is 0.161 e. The van der Waals surface area contributed by atoms with Crippen LogP contribution in [0, 0.1) is 11.6 Å². The molecule has 0 atom stereocenters. The Bertz CT molecular complexity index is 979. The van der Waals surface area contributed by atoms with Gasteiger partial charge in [0.05, 0.1) is 19.0 Å². The van der Waals surface area contributed by atoms with Gasteiger partial charge in [-0.15, -0.1) is 0 Å². The molecule has 0 bridgehead atoms. The normalized spacial score (nSPS) is 10.9. The van der Waals surface area contributed by atoms with Crippen molar-refractivity contribution in [3.05, 3.63) is 88.4 Å². The Balaban J connectivity index is 1.65. The van der Waals surface area contributed by atoms with Crippen LogP contribution in [0.4, 0.5) is 14.5 Å². The third kappa shape index (κ3) is 5.20. The van der Waals surface area contributed by atoms with Crippen LogP contribution in [-0.4, -0.2) is 13.3 Å². The van der Waals surface area contributed by atoms with Crippen LogP contribution in [0.3, 0.4) is 0 Å². The van der Waals surface area contributed by atoms with Gasteiger partial charge >= 0.3 is 0 Å². The molecule has 0 spiro atoms. The van der Waals surface area contributed by atoms with Gasteiger partial charge in [0.2, 0.25) is 0 Å². The fourth-order valence-electron chi connectivity index (χ4n) is 2.38. The molecule has 28 heavy (non-hydrogen) atoms. The van der Waals surface area contributed by atoms with Crippen LogP contribution in [-0.2, 0) is 6.61 Å². The van der Waals surface area contributed by atoms with Crippen molar-refractivity contribution in [3.8, 4) is 11.5 Å². The van der Waals surface area contributed by atoms with E-state index in [2.05, 4.69) is 10.5 Å². The summed E-state index contributed by atoms with van der Waals surface area (Å²) in [7, 11) is 1.54. The Morgan fingerprint density at radius 2 is 1.79 bits per heavy atom. The van der Waals surface area contributed by atoms with Crippen LogP contribution in [0.1, 0.15) is 11.1 Å². The highest BCUT2D eigenvalue weighted by atomic mass is 35.5. The summed E-state index contributed by atoms with van der Waals surface area (Å²) in [4.78, 5) is 0. The molecule has 0 saturated heterocycles. The fraction of sp³-hybridized carbons (Fsp3) is 0.0952. The molecule has 0 aliphatic carbocycles. The van der Waals surface area contributed by atoms with Gasteiger partial charge in [-0.05, 0) is 53.6 Å². The molecule has 0 saturated carbocycles. The van der Waals surface area contributed by atoms with Gasteiger partial charge in [-0.1, -0.05) is 23.7 Å². The van der Waals surface area contributed by atoms with Crippen LogP contribution >= 0.6 is 11.6 Å². The highest BCUT2D eigenvalue weighted by molar-refractivity contribution is 6.30. The second kappa shape index (κ2) is 9.19. The molecule has 144 valence electrons. The molecule has 0 unspecified atom stereocenters. The van der Waals surface area contributed by atoms with Crippen molar-refractivity contribution in [3.63, 3.8) is 0 Å². The summed E-state index contributed by atoms with van der Waals surface area (Å²) in [5.74, 6) is -0.260. The van der Waals surface area contributed by atoms with Crippen molar-refractivity contribution in [2.24, 2.45) is 5.10 Å². The maximum absolute atomic E-state index is 13.6. The van der Waals surface area contributed by atoms with Crippen molar-refractivity contribution < 1.29 is 18.3 Å². The van der Waals surface area contributed by atoms with E-state index in [1.54, 1.807) is 30.3 Å². The van der Waals surface area contributed by atoms with Crippen molar-refractivity contribution >= 4 is 23.5 Å². The third-order valence-electron chi connectivity index (χ3n) is 3.83. The van der Waals surface area contributed by atoms with E-state index in [1.807, 2.05) is 12.1 Å². The van der Waals surface area contributed by atoms with Crippen molar-refractivity contribution in [2.75, 3.05) is 12.5 Å². The van der Waals surface area contributed by atoms with Gasteiger partial charge in [-0.2, -0.15) is 5.10 Å². The Morgan fingerprint density at radius 3 is 2.50 bits per heavy atom. The molecule has 0 amide bonds. The molecular weight excluding hydrogens is 386 g/mol. The second-order valence-electron chi connectivity index (χ2n) is 5.82. The molecule has 0 aliphatic heterocycles. The summed E-state index contributed by atoms with van der Waals surface area (Å²) in [6, 6.07) is 15.9. The highest BCUT2D eigenvalue weighted by Crippen LogP contribution is 2.28. The molecule has 0 fully saturated rings. The van der Waals surface area contributed by atoms with E-state index in [9.17, 15) is 8.78 Å². The number of halogens is 3. The largest absolute Gasteiger partial charge is 0.493 e. The number of anilines is 1. The molecule has 7 heteroatoms. The zero-order chi connectivity index (χ0) is 19.9. The summed E-state index contributed by atoms with van der Waals surface area (Å²) < 4.78 is 37.6. The van der Waals surface area contributed by atoms with E-state index in [1.165, 1.54) is 19.4 Å². The topological polar surface area (TPSA) is 42.8 Å². The minimum Gasteiger partial charge on any atom is -0.493 e. The number of hydrogen-bond donors (Lipinski definition) is 1.